The van der Waals surface area contributed by atoms with Crippen molar-refractivity contribution in [3.05, 3.63) is 63.9 Å². The average Bonchev–Trinajstić information content (AvgIpc) is 2.54. The van der Waals surface area contributed by atoms with Crippen LogP contribution < -0.4 is 10.2 Å². The Balaban J connectivity index is 2.26. The van der Waals surface area contributed by atoms with E-state index < -0.39 is 11.7 Å². The quantitative estimate of drug-likeness (QED) is 0.631. The summed E-state index contributed by atoms with van der Waals surface area (Å²) < 4.78 is 14.4. The Labute approximate surface area is 148 Å². The van der Waals surface area contributed by atoms with Crippen LogP contribution in [0.1, 0.15) is 5.56 Å². The second-order valence-electron chi connectivity index (χ2n) is 5.21. The van der Waals surface area contributed by atoms with Crippen molar-refractivity contribution < 1.29 is 9.18 Å². The zero-order valence-electron chi connectivity index (χ0n) is 13.2. The summed E-state index contributed by atoms with van der Waals surface area (Å²) in [6, 6.07) is 13.1. The molecule has 0 bridgehead atoms. The van der Waals surface area contributed by atoms with E-state index >= 15 is 0 Å². The highest BCUT2D eigenvalue weighted by Gasteiger charge is 2.12. The van der Waals surface area contributed by atoms with Crippen molar-refractivity contribution in [3.63, 3.8) is 0 Å². The van der Waals surface area contributed by atoms with E-state index in [1.165, 1.54) is 24.3 Å². The van der Waals surface area contributed by atoms with Crippen molar-refractivity contribution in [1.29, 1.82) is 5.26 Å². The van der Waals surface area contributed by atoms with Crippen LogP contribution in [0.5, 0.6) is 0 Å². The van der Waals surface area contributed by atoms with Crippen LogP contribution in [0.2, 0.25) is 0 Å². The molecule has 2 aromatic carbocycles. The third-order valence-electron chi connectivity index (χ3n) is 3.25. The molecule has 2 aromatic rings. The molecule has 4 nitrogen and oxygen atoms in total. The van der Waals surface area contributed by atoms with E-state index in [2.05, 4.69) is 21.2 Å². The Morgan fingerprint density at radius 2 is 2.00 bits per heavy atom. The average molecular weight is 388 g/mol. The highest BCUT2D eigenvalue weighted by atomic mass is 79.9. The maximum Gasteiger partial charge on any atom is 0.266 e. The number of halogens is 2. The number of benzene rings is 2. The van der Waals surface area contributed by atoms with Gasteiger partial charge in [0.1, 0.15) is 17.5 Å². The standard InChI is InChI=1S/C18H15BrFN3O/c1-23(2)17-8-7-12(10-14(17)19)9-13(11-21)18(24)22-16-6-4-3-5-15(16)20/h3-10H,1-2H3,(H,22,24). The largest absolute Gasteiger partial charge is 0.377 e. The van der Waals surface area contributed by atoms with Crippen LogP contribution in [-0.4, -0.2) is 20.0 Å². The molecule has 24 heavy (non-hydrogen) atoms. The van der Waals surface area contributed by atoms with Gasteiger partial charge in [0.15, 0.2) is 0 Å². The van der Waals surface area contributed by atoms with E-state index in [1.54, 1.807) is 12.1 Å². The van der Waals surface area contributed by atoms with Crippen LogP contribution in [0.3, 0.4) is 0 Å². The number of hydrogen-bond acceptors (Lipinski definition) is 3. The first kappa shape index (κ1) is 17.7. The molecular formula is C18H15BrFN3O. The van der Waals surface area contributed by atoms with Crippen LogP contribution in [0, 0.1) is 17.1 Å². The lowest BCUT2D eigenvalue weighted by atomic mass is 10.1. The summed E-state index contributed by atoms with van der Waals surface area (Å²) in [4.78, 5) is 14.1. The third-order valence-corrected chi connectivity index (χ3v) is 3.89. The fraction of sp³-hybridized carbons (Fsp3) is 0.111. The minimum atomic E-state index is -0.657. The number of anilines is 2. The molecule has 0 atom stereocenters. The Morgan fingerprint density at radius 3 is 2.58 bits per heavy atom. The first-order chi connectivity index (χ1) is 11.4. The number of amides is 1. The van der Waals surface area contributed by atoms with Crippen molar-refractivity contribution in [2.24, 2.45) is 0 Å². The zero-order chi connectivity index (χ0) is 17.7. The normalized spacial score (nSPS) is 10.9. The molecule has 1 N–H and O–H groups in total. The van der Waals surface area contributed by atoms with Gasteiger partial charge in [0.25, 0.3) is 5.91 Å². The second-order valence-corrected chi connectivity index (χ2v) is 6.06. The number of carbonyl (C=O) groups excluding carboxylic acids is 1. The number of hydrogen-bond donors (Lipinski definition) is 1. The number of rotatable bonds is 4. The van der Waals surface area contributed by atoms with Crippen LogP contribution in [-0.2, 0) is 4.79 Å². The van der Waals surface area contributed by atoms with E-state index in [1.807, 2.05) is 37.2 Å². The van der Waals surface area contributed by atoms with Crippen LogP contribution in [0.25, 0.3) is 6.08 Å². The summed E-state index contributed by atoms with van der Waals surface area (Å²) in [5.41, 5.74) is 1.59. The Kier molecular flexibility index (Phi) is 5.72. The molecule has 1 amide bonds. The van der Waals surface area contributed by atoms with Crippen LogP contribution in [0.4, 0.5) is 15.8 Å². The lowest BCUT2D eigenvalue weighted by molar-refractivity contribution is -0.112. The Bertz CT molecular complexity index is 840. The Morgan fingerprint density at radius 1 is 1.29 bits per heavy atom. The monoisotopic (exact) mass is 387 g/mol. The molecule has 0 aliphatic rings. The molecule has 0 aliphatic heterocycles. The van der Waals surface area contributed by atoms with Gasteiger partial charge in [-0.1, -0.05) is 18.2 Å². The van der Waals surface area contributed by atoms with Crippen molar-refractivity contribution >= 4 is 39.3 Å². The minimum absolute atomic E-state index is 0.0350. The summed E-state index contributed by atoms with van der Waals surface area (Å²) >= 11 is 3.46. The second kappa shape index (κ2) is 7.75. The lowest BCUT2D eigenvalue weighted by Crippen LogP contribution is -2.14. The SMILES string of the molecule is CN(C)c1ccc(C=C(C#N)C(=O)Nc2ccccc2F)cc1Br. The maximum atomic E-state index is 13.6. The lowest BCUT2D eigenvalue weighted by Gasteiger charge is -2.14. The minimum Gasteiger partial charge on any atom is -0.377 e. The van der Waals surface area contributed by atoms with Crippen molar-refractivity contribution in [2.75, 3.05) is 24.3 Å². The number of nitrogens with zero attached hydrogens (tertiary/aromatic N) is 2. The van der Waals surface area contributed by atoms with Gasteiger partial charge < -0.3 is 10.2 Å². The molecule has 0 saturated carbocycles. The van der Waals surface area contributed by atoms with Gasteiger partial charge in [-0.05, 0) is 51.8 Å². The van der Waals surface area contributed by atoms with Gasteiger partial charge in [-0.25, -0.2) is 4.39 Å². The topological polar surface area (TPSA) is 56.1 Å². The van der Waals surface area contributed by atoms with Gasteiger partial charge in [-0.2, -0.15) is 5.26 Å². The zero-order valence-corrected chi connectivity index (χ0v) is 14.8. The van der Waals surface area contributed by atoms with E-state index in [4.69, 9.17) is 0 Å². The van der Waals surface area contributed by atoms with Crippen LogP contribution >= 0.6 is 15.9 Å². The number of nitrogens with one attached hydrogen (secondary N) is 1. The van der Waals surface area contributed by atoms with E-state index in [0.29, 0.717) is 5.56 Å². The van der Waals surface area contributed by atoms with Gasteiger partial charge in [-0.3, -0.25) is 4.79 Å². The first-order valence-corrected chi connectivity index (χ1v) is 7.86. The Hall–Kier alpha value is -2.65. The van der Waals surface area contributed by atoms with Gasteiger partial charge in [0.05, 0.1) is 11.4 Å². The first-order valence-electron chi connectivity index (χ1n) is 7.07. The summed E-state index contributed by atoms with van der Waals surface area (Å²) in [7, 11) is 3.83. The molecule has 0 fully saturated rings. The van der Waals surface area contributed by atoms with Crippen LogP contribution in [0.15, 0.2) is 52.5 Å². The summed E-state index contributed by atoms with van der Waals surface area (Å²) in [6.45, 7) is 0. The highest BCUT2D eigenvalue weighted by Crippen LogP contribution is 2.26. The van der Waals surface area contributed by atoms with Crippen molar-refractivity contribution in [3.8, 4) is 6.07 Å². The fourth-order valence-corrected chi connectivity index (χ4v) is 2.79. The smallest absolute Gasteiger partial charge is 0.266 e. The predicted molar refractivity (Wildman–Crippen MR) is 97.1 cm³/mol. The molecule has 0 unspecified atom stereocenters. The van der Waals surface area contributed by atoms with Gasteiger partial charge in [0, 0.05) is 18.6 Å². The van der Waals surface area contributed by atoms with Crippen molar-refractivity contribution in [2.45, 2.75) is 0 Å². The molecule has 0 aromatic heterocycles. The van der Waals surface area contributed by atoms with E-state index in [9.17, 15) is 14.4 Å². The van der Waals surface area contributed by atoms with Gasteiger partial charge >= 0.3 is 0 Å². The van der Waals surface area contributed by atoms with Crippen molar-refractivity contribution in [1.82, 2.24) is 0 Å². The third kappa shape index (κ3) is 4.21. The molecule has 0 aliphatic carbocycles. The summed E-state index contributed by atoms with van der Waals surface area (Å²) in [5, 5.41) is 11.6. The number of carbonyl (C=O) groups is 1. The van der Waals surface area contributed by atoms with Gasteiger partial charge in [0.2, 0.25) is 0 Å². The number of nitriles is 1. The van der Waals surface area contributed by atoms with E-state index in [-0.39, 0.29) is 11.3 Å². The molecule has 2 rings (SSSR count). The predicted octanol–water partition coefficient (Wildman–Crippen LogP) is 4.20. The maximum absolute atomic E-state index is 13.6. The molecule has 122 valence electrons. The highest BCUT2D eigenvalue weighted by molar-refractivity contribution is 9.10. The molecule has 0 heterocycles. The summed E-state index contributed by atoms with van der Waals surface area (Å²) in [5.74, 6) is -1.21. The molecule has 0 spiro atoms. The molecule has 6 heteroatoms. The fourth-order valence-electron chi connectivity index (χ4n) is 2.04. The molecule has 0 radical (unpaired) electrons. The number of para-hydroxylation sites is 1. The molecular weight excluding hydrogens is 373 g/mol. The van der Waals surface area contributed by atoms with Gasteiger partial charge in [-0.15, -0.1) is 0 Å². The summed E-state index contributed by atoms with van der Waals surface area (Å²) in [6.07, 6.45) is 1.46. The van der Waals surface area contributed by atoms with E-state index in [0.717, 1.165) is 10.2 Å². The molecule has 0 saturated heterocycles.